The van der Waals surface area contributed by atoms with Crippen LogP contribution in [0, 0.1) is 0 Å². The summed E-state index contributed by atoms with van der Waals surface area (Å²) >= 11 is 0. The number of esters is 2. The largest absolute Gasteiger partial charge is 0.466 e. The van der Waals surface area contributed by atoms with Crippen LogP contribution in [0.15, 0.2) is 0 Å². The van der Waals surface area contributed by atoms with Crippen molar-refractivity contribution in [3.05, 3.63) is 0 Å². The minimum Gasteiger partial charge on any atom is -0.466 e. The van der Waals surface area contributed by atoms with Crippen LogP contribution in [0.3, 0.4) is 0 Å². The predicted octanol–water partition coefficient (Wildman–Crippen LogP) is 1.84. The lowest BCUT2D eigenvalue weighted by atomic mass is 10.2. The van der Waals surface area contributed by atoms with Gasteiger partial charge in [-0.15, -0.1) is 0 Å². The Labute approximate surface area is 263 Å². The van der Waals surface area contributed by atoms with Gasteiger partial charge in [0.25, 0.3) is 0 Å². The molecule has 0 aliphatic rings. The Bertz CT molecular complexity index is 629. The van der Waals surface area contributed by atoms with Gasteiger partial charge in [-0.1, -0.05) is 0 Å². The lowest BCUT2D eigenvalue weighted by Gasteiger charge is -2.19. The molecule has 0 aliphatic heterocycles. The van der Waals surface area contributed by atoms with Crippen molar-refractivity contribution in [2.45, 2.75) is 46.1 Å². The zero-order valence-corrected chi connectivity index (χ0v) is 27.5. The van der Waals surface area contributed by atoms with Crippen molar-refractivity contribution in [3.63, 3.8) is 0 Å². The van der Waals surface area contributed by atoms with Crippen LogP contribution >= 0.6 is 0 Å². The molecule has 14 heteroatoms. The Morgan fingerprint density at radius 3 is 0.841 bits per heavy atom. The summed E-state index contributed by atoms with van der Waals surface area (Å²) in [7, 11) is 0. The molecule has 0 saturated heterocycles. The fourth-order valence-corrected chi connectivity index (χ4v) is 3.02. The van der Waals surface area contributed by atoms with Gasteiger partial charge in [-0.3, -0.25) is 9.59 Å². The second kappa shape index (κ2) is 32.9. The number of carbonyl (C=O) groups is 2. The zero-order chi connectivity index (χ0) is 32.4. The second-order valence-electron chi connectivity index (χ2n) is 10.0. The molecule has 14 nitrogen and oxygen atoms in total. The van der Waals surface area contributed by atoms with E-state index in [-0.39, 0.29) is 24.8 Å². The van der Waals surface area contributed by atoms with E-state index in [4.69, 9.17) is 56.8 Å². The van der Waals surface area contributed by atoms with Crippen LogP contribution in [0.25, 0.3) is 0 Å². The number of rotatable bonds is 34. The topological polar surface area (TPSA) is 145 Å². The van der Waals surface area contributed by atoms with Gasteiger partial charge in [0.2, 0.25) is 0 Å². The van der Waals surface area contributed by atoms with Gasteiger partial charge in [0.15, 0.2) is 0 Å². The summed E-state index contributed by atoms with van der Waals surface area (Å²) in [5.41, 5.74) is -0.475. The van der Waals surface area contributed by atoms with Crippen LogP contribution in [-0.2, 0) is 66.4 Å². The van der Waals surface area contributed by atoms with Gasteiger partial charge in [-0.05, 0) is 27.7 Å². The fourth-order valence-electron chi connectivity index (χ4n) is 3.02. The third-order valence-electron chi connectivity index (χ3n) is 4.97. The van der Waals surface area contributed by atoms with E-state index in [1.54, 1.807) is 6.92 Å². The van der Waals surface area contributed by atoms with E-state index >= 15 is 0 Å². The standard InChI is InChI=1S/C30H58O14/c1-5-43-28(31)6-8-33-10-12-35-14-16-37-18-20-39-22-24-41-26-27-42-25-23-40-21-19-38-17-15-36-13-11-34-9-7-29(32)44-30(2,3)4/h5-27H2,1-4H3. The minimum absolute atomic E-state index is 0.229. The third kappa shape index (κ3) is 36.7. The molecular formula is C30H58O14. The summed E-state index contributed by atoms with van der Waals surface area (Å²) in [6.45, 7) is 16.8. The number of carbonyl (C=O) groups excluding carboxylic acids is 2. The maximum Gasteiger partial charge on any atom is 0.308 e. The molecule has 0 aliphatic carbocycles. The second-order valence-corrected chi connectivity index (χ2v) is 10.0. The molecular weight excluding hydrogens is 584 g/mol. The van der Waals surface area contributed by atoms with Crippen LogP contribution in [0.2, 0.25) is 0 Å². The van der Waals surface area contributed by atoms with E-state index in [1.807, 2.05) is 20.8 Å². The highest BCUT2D eigenvalue weighted by Crippen LogP contribution is 2.08. The summed E-state index contributed by atoms with van der Waals surface area (Å²) in [6, 6.07) is 0. The first-order valence-electron chi connectivity index (χ1n) is 15.5. The van der Waals surface area contributed by atoms with Crippen LogP contribution in [0.4, 0.5) is 0 Å². The van der Waals surface area contributed by atoms with E-state index < -0.39 is 5.60 Å². The fraction of sp³-hybridized carbons (Fsp3) is 0.933. The Balaban J connectivity index is 3.11. The highest BCUT2D eigenvalue weighted by atomic mass is 16.6. The van der Waals surface area contributed by atoms with Gasteiger partial charge in [0.05, 0.1) is 152 Å². The zero-order valence-electron chi connectivity index (χ0n) is 27.5. The summed E-state index contributed by atoms with van der Waals surface area (Å²) in [5, 5.41) is 0. The average molecular weight is 643 g/mol. The molecule has 262 valence electrons. The van der Waals surface area contributed by atoms with Gasteiger partial charge in [0, 0.05) is 0 Å². The van der Waals surface area contributed by atoms with Crippen LogP contribution in [-0.4, -0.2) is 156 Å². The monoisotopic (exact) mass is 642 g/mol. The summed E-state index contributed by atoms with van der Waals surface area (Å²) < 4.78 is 64.1. The predicted molar refractivity (Wildman–Crippen MR) is 160 cm³/mol. The van der Waals surface area contributed by atoms with Gasteiger partial charge in [-0.2, -0.15) is 0 Å². The molecule has 44 heavy (non-hydrogen) atoms. The highest BCUT2D eigenvalue weighted by molar-refractivity contribution is 5.70. The van der Waals surface area contributed by atoms with Crippen molar-refractivity contribution in [1.29, 1.82) is 0 Å². The van der Waals surface area contributed by atoms with Crippen molar-refractivity contribution < 1.29 is 66.4 Å². The molecule has 0 N–H and O–H groups in total. The molecule has 0 bridgehead atoms. The van der Waals surface area contributed by atoms with Crippen molar-refractivity contribution in [3.8, 4) is 0 Å². The minimum atomic E-state index is -0.475. The lowest BCUT2D eigenvalue weighted by Crippen LogP contribution is -2.24. The Kier molecular flexibility index (Phi) is 31.8. The first-order valence-corrected chi connectivity index (χ1v) is 15.5. The molecule has 0 fully saturated rings. The molecule has 0 atom stereocenters. The molecule has 0 rings (SSSR count). The average Bonchev–Trinajstić information content (AvgIpc) is 2.97. The molecule has 0 unspecified atom stereocenters. The maximum atomic E-state index is 11.5. The van der Waals surface area contributed by atoms with Crippen molar-refractivity contribution in [1.82, 2.24) is 0 Å². The van der Waals surface area contributed by atoms with E-state index in [2.05, 4.69) is 0 Å². The van der Waals surface area contributed by atoms with E-state index in [0.717, 1.165) is 0 Å². The molecule has 0 aromatic rings. The lowest BCUT2D eigenvalue weighted by molar-refractivity contribution is -0.156. The summed E-state index contributed by atoms with van der Waals surface area (Å²) in [5.74, 6) is -0.522. The molecule has 0 heterocycles. The molecule has 0 radical (unpaired) electrons. The summed E-state index contributed by atoms with van der Waals surface area (Å²) in [4.78, 5) is 22.7. The molecule has 0 spiro atoms. The van der Waals surface area contributed by atoms with Crippen molar-refractivity contribution >= 4 is 11.9 Å². The normalized spacial score (nSPS) is 11.6. The molecule has 0 saturated carbocycles. The van der Waals surface area contributed by atoms with Crippen LogP contribution in [0.1, 0.15) is 40.5 Å². The Morgan fingerprint density at radius 1 is 0.386 bits per heavy atom. The Morgan fingerprint density at radius 2 is 0.614 bits per heavy atom. The van der Waals surface area contributed by atoms with E-state index in [1.165, 1.54) is 0 Å². The molecule has 0 aromatic heterocycles. The van der Waals surface area contributed by atoms with Crippen molar-refractivity contribution in [2.24, 2.45) is 0 Å². The van der Waals surface area contributed by atoms with Gasteiger partial charge in [0.1, 0.15) is 5.60 Å². The SMILES string of the molecule is CCOC(=O)CCOCCOCCOCCOCCOCCOCCOCCOCCOCCOCCC(=O)OC(C)(C)C. The molecule has 0 aromatic carbocycles. The van der Waals surface area contributed by atoms with Crippen molar-refractivity contribution in [2.75, 3.05) is 139 Å². The Hall–Kier alpha value is -1.46. The van der Waals surface area contributed by atoms with E-state index in [9.17, 15) is 9.59 Å². The number of ether oxygens (including phenoxy) is 12. The van der Waals surface area contributed by atoms with Crippen LogP contribution < -0.4 is 0 Å². The van der Waals surface area contributed by atoms with Gasteiger partial charge in [-0.25, -0.2) is 0 Å². The highest BCUT2D eigenvalue weighted by Gasteiger charge is 2.15. The third-order valence-corrected chi connectivity index (χ3v) is 4.97. The first kappa shape index (κ1) is 42.5. The van der Waals surface area contributed by atoms with E-state index in [0.29, 0.717) is 139 Å². The smallest absolute Gasteiger partial charge is 0.308 e. The van der Waals surface area contributed by atoms with Gasteiger partial charge < -0.3 is 56.8 Å². The summed E-state index contributed by atoms with van der Waals surface area (Å²) in [6.07, 6.45) is 0.482. The quantitative estimate of drug-likeness (QED) is 0.0743. The number of hydrogen-bond donors (Lipinski definition) is 0. The van der Waals surface area contributed by atoms with Crippen LogP contribution in [0.5, 0.6) is 0 Å². The first-order chi connectivity index (χ1) is 21.3. The van der Waals surface area contributed by atoms with Gasteiger partial charge >= 0.3 is 11.9 Å². The number of hydrogen-bond acceptors (Lipinski definition) is 14. The molecule has 0 amide bonds. The maximum absolute atomic E-state index is 11.5.